The van der Waals surface area contributed by atoms with Crippen molar-refractivity contribution >= 4 is 29.3 Å². The summed E-state index contributed by atoms with van der Waals surface area (Å²) in [6.07, 6.45) is 3.32. The first-order valence-corrected chi connectivity index (χ1v) is 9.19. The molecule has 3 rings (SSSR count). The Morgan fingerprint density at radius 3 is 2.77 bits per heavy atom. The van der Waals surface area contributed by atoms with Gasteiger partial charge in [-0.15, -0.1) is 10.2 Å². The number of nitrogens with two attached hydrogens (primary N) is 1. The standard InChI is InChI=1S/C17H17ClN6OS/c1-11(12-4-6-14(18)7-5-12)21-15(25)10-26-17-23-22-16(24(17)19)13-3-2-8-20-9-13/h2-9,11H,10,19H2,1H3,(H,21,25)/t11-/m1/s1. The van der Waals surface area contributed by atoms with E-state index >= 15 is 0 Å². The Bertz CT molecular complexity index is 884. The normalized spacial score (nSPS) is 11.9. The molecule has 134 valence electrons. The van der Waals surface area contributed by atoms with Crippen LogP contribution >= 0.6 is 23.4 Å². The minimum absolute atomic E-state index is 0.122. The predicted octanol–water partition coefficient (Wildman–Crippen LogP) is 2.68. The van der Waals surface area contributed by atoms with Crippen molar-refractivity contribution in [2.45, 2.75) is 18.1 Å². The molecular weight excluding hydrogens is 372 g/mol. The van der Waals surface area contributed by atoms with E-state index in [0.717, 1.165) is 11.1 Å². The van der Waals surface area contributed by atoms with Gasteiger partial charge in [0.15, 0.2) is 5.82 Å². The van der Waals surface area contributed by atoms with E-state index in [1.165, 1.54) is 16.4 Å². The van der Waals surface area contributed by atoms with E-state index in [-0.39, 0.29) is 17.7 Å². The van der Waals surface area contributed by atoms with Crippen molar-refractivity contribution in [1.29, 1.82) is 0 Å². The van der Waals surface area contributed by atoms with Crippen LogP contribution in [0, 0.1) is 0 Å². The van der Waals surface area contributed by atoms with Crippen molar-refractivity contribution in [3.63, 3.8) is 0 Å². The van der Waals surface area contributed by atoms with Crippen molar-refractivity contribution in [3.8, 4) is 11.4 Å². The van der Waals surface area contributed by atoms with Gasteiger partial charge in [-0.1, -0.05) is 35.5 Å². The topological polar surface area (TPSA) is 98.7 Å². The molecule has 0 unspecified atom stereocenters. The summed E-state index contributed by atoms with van der Waals surface area (Å²) in [6.45, 7) is 1.91. The van der Waals surface area contributed by atoms with Crippen LogP contribution in [0.1, 0.15) is 18.5 Å². The molecule has 1 aromatic carbocycles. The number of carbonyl (C=O) groups is 1. The summed E-state index contributed by atoms with van der Waals surface area (Å²) in [5, 5.41) is 12.2. The van der Waals surface area contributed by atoms with E-state index in [1.807, 2.05) is 25.1 Å². The molecule has 0 saturated heterocycles. The maximum absolute atomic E-state index is 12.2. The maximum Gasteiger partial charge on any atom is 0.230 e. The average molecular weight is 389 g/mol. The van der Waals surface area contributed by atoms with Crippen molar-refractivity contribution in [2.24, 2.45) is 0 Å². The van der Waals surface area contributed by atoms with Gasteiger partial charge in [-0.05, 0) is 36.8 Å². The summed E-state index contributed by atoms with van der Waals surface area (Å²) in [7, 11) is 0. The molecule has 2 heterocycles. The van der Waals surface area contributed by atoms with Crippen molar-refractivity contribution in [3.05, 3.63) is 59.4 Å². The molecule has 0 saturated carbocycles. The lowest BCUT2D eigenvalue weighted by atomic mass is 10.1. The van der Waals surface area contributed by atoms with E-state index in [1.54, 1.807) is 30.6 Å². The fourth-order valence-corrected chi connectivity index (χ4v) is 3.11. The molecule has 0 fully saturated rings. The number of rotatable bonds is 6. The van der Waals surface area contributed by atoms with Crippen LogP contribution in [-0.2, 0) is 4.79 Å². The molecule has 7 nitrogen and oxygen atoms in total. The molecule has 2 aromatic heterocycles. The van der Waals surface area contributed by atoms with Crippen LogP contribution in [0.5, 0.6) is 0 Å². The van der Waals surface area contributed by atoms with E-state index in [0.29, 0.717) is 16.0 Å². The largest absolute Gasteiger partial charge is 0.349 e. The molecule has 0 radical (unpaired) electrons. The molecular formula is C17H17ClN6OS. The van der Waals surface area contributed by atoms with Crippen LogP contribution in [0.25, 0.3) is 11.4 Å². The first kappa shape index (κ1) is 18.2. The Labute approximate surface area is 159 Å². The minimum atomic E-state index is -0.123. The summed E-state index contributed by atoms with van der Waals surface area (Å²) in [6, 6.07) is 10.9. The van der Waals surface area contributed by atoms with Gasteiger partial charge < -0.3 is 11.2 Å². The molecule has 26 heavy (non-hydrogen) atoms. The number of pyridine rings is 1. The van der Waals surface area contributed by atoms with Gasteiger partial charge in [0, 0.05) is 23.0 Å². The third-order valence-electron chi connectivity index (χ3n) is 3.66. The fraction of sp³-hybridized carbons (Fsp3) is 0.176. The molecule has 0 aliphatic carbocycles. The van der Waals surface area contributed by atoms with E-state index < -0.39 is 0 Å². The van der Waals surface area contributed by atoms with Gasteiger partial charge in [-0.2, -0.15) is 0 Å². The second kappa shape index (κ2) is 8.20. The Morgan fingerprint density at radius 1 is 1.31 bits per heavy atom. The van der Waals surface area contributed by atoms with Gasteiger partial charge >= 0.3 is 0 Å². The molecule has 1 amide bonds. The number of hydrogen-bond donors (Lipinski definition) is 2. The zero-order valence-electron chi connectivity index (χ0n) is 14.0. The molecule has 1 atom stereocenters. The first-order chi connectivity index (χ1) is 12.5. The lowest BCUT2D eigenvalue weighted by Crippen LogP contribution is -2.28. The van der Waals surface area contributed by atoms with Gasteiger partial charge in [0.05, 0.1) is 11.8 Å². The van der Waals surface area contributed by atoms with E-state index in [9.17, 15) is 4.79 Å². The van der Waals surface area contributed by atoms with Crippen molar-refractivity contribution < 1.29 is 4.79 Å². The van der Waals surface area contributed by atoms with Crippen LogP contribution < -0.4 is 11.2 Å². The third kappa shape index (κ3) is 4.33. The fourth-order valence-electron chi connectivity index (χ4n) is 2.32. The molecule has 0 bridgehead atoms. The monoisotopic (exact) mass is 388 g/mol. The molecule has 3 N–H and O–H groups in total. The molecule has 3 aromatic rings. The van der Waals surface area contributed by atoms with Crippen LogP contribution in [0.3, 0.4) is 0 Å². The summed E-state index contributed by atoms with van der Waals surface area (Å²) < 4.78 is 1.36. The Kier molecular flexibility index (Phi) is 5.75. The highest BCUT2D eigenvalue weighted by Crippen LogP contribution is 2.21. The number of benzene rings is 1. The number of nitrogen functional groups attached to an aromatic ring is 1. The lowest BCUT2D eigenvalue weighted by molar-refractivity contribution is -0.119. The number of nitrogens with one attached hydrogen (secondary N) is 1. The Hall–Kier alpha value is -2.58. The highest BCUT2D eigenvalue weighted by Gasteiger charge is 2.15. The van der Waals surface area contributed by atoms with Gasteiger partial charge in [0.1, 0.15) is 0 Å². The second-order valence-corrected chi connectivity index (χ2v) is 6.93. The molecule has 9 heteroatoms. The number of halogens is 1. The Morgan fingerprint density at radius 2 is 2.08 bits per heavy atom. The van der Waals surface area contributed by atoms with Crippen LogP contribution in [0.4, 0.5) is 0 Å². The smallest absolute Gasteiger partial charge is 0.230 e. The summed E-state index contributed by atoms with van der Waals surface area (Å²) >= 11 is 7.10. The number of thioether (sulfide) groups is 1. The number of aromatic nitrogens is 4. The van der Waals surface area contributed by atoms with Gasteiger partial charge in [0.25, 0.3) is 0 Å². The molecule has 0 aliphatic rings. The summed E-state index contributed by atoms with van der Waals surface area (Å²) in [4.78, 5) is 16.2. The van der Waals surface area contributed by atoms with Crippen molar-refractivity contribution in [1.82, 2.24) is 25.2 Å². The molecule has 0 aliphatic heterocycles. The van der Waals surface area contributed by atoms with E-state index in [4.69, 9.17) is 17.4 Å². The summed E-state index contributed by atoms with van der Waals surface area (Å²) in [5.74, 6) is 6.58. The average Bonchev–Trinajstić information content (AvgIpc) is 3.02. The highest BCUT2D eigenvalue weighted by molar-refractivity contribution is 7.99. The van der Waals surface area contributed by atoms with Crippen molar-refractivity contribution in [2.75, 3.05) is 11.6 Å². The number of hydrogen-bond acceptors (Lipinski definition) is 6. The zero-order valence-corrected chi connectivity index (χ0v) is 15.5. The lowest BCUT2D eigenvalue weighted by Gasteiger charge is -2.14. The third-order valence-corrected chi connectivity index (χ3v) is 4.86. The number of amides is 1. The molecule has 0 spiro atoms. The quantitative estimate of drug-likeness (QED) is 0.497. The van der Waals surface area contributed by atoms with Gasteiger partial charge in [0.2, 0.25) is 11.1 Å². The van der Waals surface area contributed by atoms with E-state index in [2.05, 4.69) is 20.5 Å². The Balaban J connectivity index is 1.58. The maximum atomic E-state index is 12.2. The van der Waals surface area contributed by atoms with Gasteiger partial charge in [-0.3, -0.25) is 9.78 Å². The number of nitrogens with zero attached hydrogens (tertiary/aromatic N) is 4. The zero-order chi connectivity index (χ0) is 18.5. The van der Waals surface area contributed by atoms with Crippen LogP contribution in [0.2, 0.25) is 5.02 Å². The van der Waals surface area contributed by atoms with Gasteiger partial charge in [-0.25, -0.2) is 4.68 Å². The first-order valence-electron chi connectivity index (χ1n) is 7.83. The highest BCUT2D eigenvalue weighted by atomic mass is 35.5. The summed E-state index contributed by atoms with van der Waals surface area (Å²) in [5.41, 5.74) is 1.74. The minimum Gasteiger partial charge on any atom is -0.349 e. The van der Waals surface area contributed by atoms with Crippen LogP contribution in [-0.4, -0.2) is 31.5 Å². The second-order valence-electron chi connectivity index (χ2n) is 5.55. The predicted molar refractivity (Wildman–Crippen MR) is 102 cm³/mol. The van der Waals surface area contributed by atoms with Crippen LogP contribution in [0.15, 0.2) is 53.9 Å². The number of carbonyl (C=O) groups excluding carboxylic acids is 1. The SMILES string of the molecule is C[C@@H](NC(=O)CSc1nnc(-c2cccnc2)n1N)c1ccc(Cl)cc1.